The van der Waals surface area contributed by atoms with Crippen LogP contribution in [0.25, 0.3) is 17.2 Å². The fraction of sp³-hybridized carbons (Fsp3) is 0.148. The Morgan fingerprint density at radius 3 is 2.23 bits per heavy atom. The van der Waals surface area contributed by atoms with Gasteiger partial charge in [0.05, 0.1) is 0 Å². The first-order valence-electron chi connectivity index (χ1n) is 10.1. The fourth-order valence-corrected chi connectivity index (χ4v) is 3.74. The lowest BCUT2D eigenvalue weighted by atomic mass is 9.98. The molecule has 0 saturated heterocycles. The summed E-state index contributed by atoms with van der Waals surface area (Å²) in [7, 11) is 0. The first-order valence-corrected chi connectivity index (χ1v) is 10.1. The molecule has 3 aromatic carbocycles. The average Bonchev–Trinajstić information content (AvgIpc) is 3.12. The first kappa shape index (κ1) is 19.5. The molecule has 0 saturated carbocycles. The third-order valence-corrected chi connectivity index (χ3v) is 5.24. The first-order chi connectivity index (χ1) is 14.8. The van der Waals surface area contributed by atoms with E-state index in [2.05, 4.69) is 48.0 Å². The average molecular weight is 393 g/mol. The molecule has 0 unspecified atom stereocenters. The number of rotatable bonds is 5. The smallest absolute Gasteiger partial charge is 0.407 e. The molecule has 3 nitrogen and oxygen atoms in total. The van der Waals surface area contributed by atoms with E-state index in [4.69, 9.17) is 4.74 Å². The Balaban J connectivity index is 1.27. The predicted octanol–water partition coefficient (Wildman–Crippen LogP) is 5.61. The molecule has 30 heavy (non-hydrogen) atoms. The van der Waals surface area contributed by atoms with Gasteiger partial charge in [0.1, 0.15) is 6.61 Å². The third-order valence-electron chi connectivity index (χ3n) is 5.24. The molecule has 0 spiro atoms. The van der Waals surface area contributed by atoms with Crippen molar-refractivity contribution < 1.29 is 9.53 Å². The largest absolute Gasteiger partial charge is 0.449 e. The van der Waals surface area contributed by atoms with Crippen molar-refractivity contribution in [1.82, 2.24) is 5.32 Å². The number of benzene rings is 3. The molecule has 1 aliphatic rings. The minimum absolute atomic E-state index is 0.0708. The van der Waals surface area contributed by atoms with Crippen LogP contribution in [0.2, 0.25) is 0 Å². The molecule has 1 amide bonds. The van der Waals surface area contributed by atoms with E-state index in [1.54, 1.807) is 6.08 Å². The van der Waals surface area contributed by atoms with Crippen LogP contribution in [0.3, 0.4) is 0 Å². The van der Waals surface area contributed by atoms with Crippen molar-refractivity contribution in [3.63, 3.8) is 0 Å². The Hall–Kier alpha value is -3.77. The second kappa shape index (κ2) is 9.15. The van der Waals surface area contributed by atoms with Crippen molar-refractivity contribution in [2.75, 3.05) is 13.2 Å². The molecule has 0 atom stereocenters. The van der Waals surface area contributed by atoms with Gasteiger partial charge in [-0.15, -0.1) is 0 Å². The summed E-state index contributed by atoms with van der Waals surface area (Å²) in [5.41, 5.74) is 6.87. The van der Waals surface area contributed by atoms with E-state index >= 15 is 0 Å². The highest BCUT2D eigenvalue weighted by molar-refractivity contribution is 5.79. The third kappa shape index (κ3) is 4.29. The van der Waals surface area contributed by atoms with Gasteiger partial charge in [0.15, 0.2) is 0 Å². The normalized spacial score (nSPS) is 11.6. The predicted molar refractivity (Wildman–Crippen MR) is 121 cm³/mol. The summed E-state index contributed by atoms with van der Waals surface area (Å²) in [5.74, 6) is 6.23. The summed E-state index contributed by atoms with van der Waals surface area (Å²) < 4.78 is 5.52. The molecule has 0 fully saturated rings. The van der Waals surface area contributed by atoms with Crippen molar-refractivity contribution in [3.8, 4) is 23.0 Å². The monoisotopic (exact) mass is 393 g/mol. The Morgan fingerprint density at radius 1 is 0.967 bits per heavy atom. The number of carbonyl (C=O) groups excluding carboxylic acids is 1. The molecule has 0 radical (unpaired) electrons. The highest BCUT2D eigenvalue weighted by atomic mass is 16.5. The van der Waals surface area contributed by atoms with Gasteiger partial charge in [0.2, 0.25) is 0 Å². The van der Waals surface area contributed by atoms with Gasteiger partial charge in [-0.1, -0.05) is 85.2 Å². The molecular weight excluding hydrogens is 370 g/mol. The van der Waals surface area contributed by atoms with Crippen LogP contribution < -0.4 is 5.32 Å². The van der Waals surface area contributed by atoms with Crippen molar-refractivity contribution in [3.05, 3.63) is 102 Å². The molecule has 0 bridgehead atoms. The van der Waals surface area contributed by atoms with Crippen LogP contribution in [0.15, 0.2) is 79.4 Å². The van der Waals surface area contributed by atoms with Crippen molar-refractivity contribution in [2.45, 2.75) is 12.3 Å². The number of amides is 1. The molecule has 0 heterocycles. The van der Waals surface area contributed by atoms with E-state index in [0.29, 0.717) is 19.6 Å². The highest BCUT2D eigenvalue weighted by Crippen LogP contribution is 2.44. The Morgan fingerprint density at radius 2 is 1.60 bits per heavy atom. The molecule has 0 aliphatic heterocycles. The van der Waals surface area contributed by atoms with Gasteiger partial charge in [-0.3, -0.25) is 0 Å². The molecule has 4 rings (SSSR count). The van der Waals surface area contributed by atoms with Gasteiger partial charge in [-0.2, -0.15) is 0 Å². The number of fused-ring (bicyclic) bond motifs is 3. The zero-order valence-electron chi connectivity index (χ0n) is 16.7. The Labute approximate surface area is 177 Å². The fourth-order valence-electron chi connectivity index (χ4n) is 3.74. The molecule has 148 valence electrons. The van der Waals surface area contributed by atoms with E-state index < -0.39 is 6.09 Å². The van der Waals surface area contributed by atoms with E-state index in [1.807, 2.05) is 48.5 Å². The van der Waals surface area contributed by atoms with Gasteiger partial charge in [0, 0.05) is 24.4 Å². The summed E-state index contributed by atoms with van der Waals surface area (Å²) >= 11 is 0. The second-order valence-corrected chi connectivity index (χ2v) is 7.13. The molecule has 0 aromatic heterocycles. The summed E-state index contributed by atoms with van der Waals surface area (Å²) in [5, 5.41) is 2.78. The number of nitrogens with one attached hydrogen (secondary N) is 1. The molecule has 3 heteroatoms. The van der Waals surface area contributed by atoms with Crippen molar-refractivity contribution in [2.24, 2.45) is 0 Å². The number of alkyl carbamates (subject to hydrolysis) is 1. The summed E-state index contributed by atoms with van der Waals surface area (Å²) in [6, 6.07) is 24.5. The molecule has 3 aromatic rings. The maximum absolute atomic E-state index is 12.1. The summed E-state index contributed by atoms with van der Waals surface area (Å²) in [4.78, 5) is 12.1. The zero-order valence-corrected chi connectivity index (χ0v) is 16.7. The molecule has 1 aliphatic carbocycles. The van der Waals surface area contributed by atoms with E-state index in [9.17, 15) is 4.79 Å². The highest BCUT2D eigenvalue weighted by Gasteiger charge is 2.28. The van der Waals surface area contributed by atoms with Crippen molar-refractivity contribution >= 4 is 12.2 Å². The van der Waals surface area contributed by atoms with Gasteiger partial charge < -0.3 is 10.1 Å². The number of ether oxygens (including phenoxy) is 1. The quantitative estimate of drug-likeness (QED) is 0.452. The van der Waals surface area contributed by atoms with Gasteiger partial charge in [-0.05, 0) is 39.9 Å². The zero-order chi connectivity index (χ0) is 20.8. The lowest BCUT2D eigenvalue weighted by Gasteiger charge is -2.14. The Kier molecular flexibility index (Phi) is 5.96. The lowest BCUT2D eigenvalue weighted by molar-refractivity contribution is 0.143. The van der Waals surface area contributed by atoms with Crippen LogP contribution in [-0.4, -0.2) is 19.2 Å². The van der Waals surface area contributed by atoms with Crippen LogP contribution in [0.1, 0.15) is 34.6 Å². The van der Waals surface area contributed by atoms with E-state index in [0.717, 1.165) is 11.1 Å². The molecule has 1 N–H and O–H groups in total. The van der Waals surface area contributed by atoms with E-state index in [1.165, 1.54) is 22.3 Å². The van der Waals surface area contributed by atoms with Crippen molar-refractivity contribution in [1.29, 1.82) is 0 Å². The number of hydrogen-bond acceptors (Lipinski definition) is 2. The standard InChI is InChI=1S/C27H23NO2/c1-2-20-14-16-21(17-15-20)9-7-8-18-28-27(29)30-19-26-24-12-5-3-10-22(24)23-11-4-6-13-25(23)26/h2-6,10-17,26H,1,8,18-19H2,(H,28,29). The topological polar surface area (TPSA) is 38.3 Å². The SMILES string of the molecule is C=Cc1ccc(C#CCCNC(=O)OCC2c3ccccc3-c3ccccc32)cc1. The lowest BCUT2D eigenvalue weighted by Crippen LogP contribution is -2.26. The maximum Gasteiger partial charge on any atom is 0.407 e. The maximum atomic E-state index is 12.1. The van der Waals surface area contributed by atoms with Crippen LogP contribution >= 0.6 is 0 Å². The second-order valence-electron chi connectivity index (χ2n) is 7.13. The van der Waals surface area contributed by atoms with Gasteiger partial charge in [-0.25, -0.2) is 4.79 Å². The van der Waals surface area contributed by atoms with Crippen LogP contribution in [0.4, 0.5) is 4.79 Å². The number of carbonyl (C=O) groups is 1. The minimum atomic E-state index is -0.408. The van der Waals surface area contributed by atoms with Crippen LogP contribution in [0.5, 0.6) is 0 Å². The van der Waals surface area contributed by atoms with Crippen LogP contribution in [-0.2, 0) is 4.74 Å². The van der Waals surface area contributed by atoms with Crippen LogP contribution in [0, 0.1) is 11.8 Å². The number of hydrogen-bond donors (Lipinski definition) is 1. The Bertz CT molecular complexity index is 1070. The van der Waals surface area contributed by atoms with Gasteiger partial charge in [0.25, 0.3) is 0 Å². The summed E-state index contributed by atoms with van der Waals surface area (Å²) in [6.45, 7) is 4.51. The minimum Gasteiger partial charge on any atom is -0.449 e. The van der Waals surface area contributed by atoms with Gasteiger partial charge >= 0.3 is 6.09 Å². The molecular formula is C27H23NO2. The summed E-state index contributed by atoms with van der Waals surface area (Å²) in [6.07, 6.45) is 1.96. The van der Waals surface area contributed by atoms with E-state index in [-0.39, 0.29) is 5.92 Å².